The molecule has 0 radical (unpaired) electrons. The second kappa shape index (κ2) is 6.17. The lowest BCUT2D eigenvalue weighted by molar-refractivity contribution is 0.156. The number of rotatable bonds is 4. The minimum Gasteiger partial charge on any atom is -0.391 e. The minimum atomic E-state index is -0.210. The molecule has 1 aliphatic heterocycles. The molecule has 1 unspecified atom stereocenters. The van der Waals surface area contributed by atoms with Gasteiger partial charge in [-0.05, 0) is 43.3 Å². The summed E-state index contributed by atoms with van der Waals surface area (Å²) in [7, 11) is 0. The molecule has 1 aliphatic rings. The summed E-state index contributed by atoms with van der Waals surface area (Å²) in [4.78, 5) is 0. The zero-order chi connectivity index (χ0) is 12.1. The summed E-state index contributed by atoms with van der Waals surface area (Å²) >= 11 is 3.84. The largest absolute Gasteiger partial charge is 0.391 e. The van der Waals surface area contributed by atoms with E-state index in [1.165, 1.54) is 23.5 Å². The Kier molecular flexibility index (Phi) is 4.83. The van der Waals surface area contributed by atoms with Gasteiger partial charge in [-0.25, -0.2) is 0 Å². The third kappa shape index (κ3) is 3.67. The summed E-state index contributed by atoms with van der Waals surface area (Å²) < 4.78 is 0.00697. The summed E-state index contributed by atoms with van der Waals surface area (Å²) in [5, 5.41) is 10.4. The normalized spacial score (nSPS) is 21.1. The summed E-state index contributed by atoms with van der Waals surface area (Å²) in [6.45, 7) is 2.19. The molecule has 1 aromatic rings. The van der Waals surface area contributed by atoms with E-state index in [1.807, 2.05) is 29.6 Å². The molecular formula is C14H20OS2. The number of thioether (sulfide) groups is 2. The molecule has 3 heteroatoms. The Labute approximate surface area is 112 Å². The Bertz CT molecular complexity index is 333. The molecule has 0 saturated carbocycles. The molecule has 0 aromatic heterocycles. The molecule has 0 bridgehead atoms. The highest BCUT2D eigenvalue weighted by atomic mass is 32.2. The van der Waals surface area contributed by atoms with Crippen LogP contribution in [0.1, 0.15) is 25.3 Å². The maximum Gasteiger partial charge on any atom is 0.0840 e. The first-order valence-electron chi connectivity index (χ1n) is 6.20. The monoisotopic (exact) mass is 268 g/mol. The predicted molar refractivity (Wildman–Crippen MR) is 78.7 cm³/mol. The van der Waals surface area contributed by atoms with E-state index in [4.69, 9.17) is 0 Å². The van der Waals surface area contributed by atoms with Crippen LogP contribution in [0, 0.1) is 0 Å². The van der Waals surface area contributed by atoms with Crippen LogP contribution in [0.4, 0.5) is 0 Å². The molecule has 1 nitrogen and oxygen atoms in total. The molecule has 1 heterocycles. The van der Waals surface area contributed by atoms with Gasteiger partial charge in [-0.15, -0.1) is 23.5 Å². The highest BCUT2D eigenvalue weighted by Gasteiger charge is 2.35. The molecule has 0 spiro atoms. The van der Waals surface area contributed by atoms with Crippen LogP contribution in [0.2, 0.25) is 0 Å². The summed E-state index contributed by atoms with van der Waals surface area (Å²) in [6.07, 6.45) is 2.90. The maximum atomic E-state index is 10.4. The van der Waals surface area contributed by atoms with E-state index in [2.05, 4.69) is 31.2 Å². The van der Waals surface area contributed by atoms with E-state index >= 15 is 0 Å². The highest BCUT2D eigenvalue weighted by Crippen LogP contribution is 2.45. The van der Waals surface area contributed by atoms with Gasteiger partial charge < -0.3 is 5.11 Å². The standard InChI is InChI=1S/C14H20OS2/c1-14(16-10-5-11-17-14)13(15)9-8-12-6-3-2-4-7-12/h2-4,6-7,13,15H,5,8-11H2,1H3. The van der Waals surface area contributed by atoms with E-state index in [9.17, 15) is 5.11 Å². The van der Waals surface area contributed by atoms with Gasteiger partial charge in [0.25, 0.3) is 0 Å². The van der Waals surface area contributed by atoms with E-state index in [0.29, 0.717) is 0 Å². The third-order valence-corrected chi connectivity index (χ3v) is 6.60. The first-order valence-corrected chi connectivity index (χ1v) is 8.18. The highest BCUT2D eigenvalue weighted by molar-refractivity contribution is 8.18. The van der Waals surface area contributed by atoms with E-state index in [1.54, 1.807) is 0 Å². The number of hydrogen-bond donors (Lipinski definition) is 1. The fourth-order valence-corrected chi connectivity index (χ4v) is 5.08. The first-order chi connectivity index (χ1) is 8.21. The van der Waals surface area contributed by atoms with Crippen molar-refractivity contribution < 1.29 is 5.11 Å². The lowest BCUT2D eigenvalue weighted by atomic mass is 10.1. The van der Waals surface area contributed by atoms with Crippen LogP contribution in [0.15, 0.2) is 30.3 Å². The van der Waals surface area contributed by atoms with Gasteiger partial charge in [-0.1, -0.05) is 30.3 Å². The van der Waals surface area contributed by atoms with Gasteiger partial charge in [-0.2, -0.15) is 0 Å². The van der Waals surface area contributed by atoms with E-state index < -0.39 is 0 Å². The average Bonchev–Trinajstić information content (AvgIpc) is 2.38. The first kappa shape index (κ1) is 13.3. The van der Waals surface area contributed by atoms with Gasteiger partial charge in [0.05, 0.1) is 10.2 Å². The van der Waals surface area contributed by atoms with E-state index in [-0.39, 0.29) is 10.2 Å². The van der Waals surface area contributed by atoms with Crippen molar-refractivity contribution in [1.82, 2.24) is 0 Å². The molecule has 2 rings (SSSR count). The Morgan fingerprint density at radius 2 is 1.88 bits per heavy atom. The summed E-state index contributed by atoms with van der Waals surface area (Å²) in [6, 6.07) is 10.4. The van der Waals surface area contributed by atoms with Gasteiger partial charge in [0.1, 0.15) is 0 Å². The van der Waals surface area contributed by atoms with Gasteiger partial charge in [0, 0.05) is 0 Å². The molecule has 1 N–H and O–H groups in total. The van der Waals surface area contributed by atoms with Crippen molar-refractivity contribution in [3.05, 3.63) is 35.9 Å². The molecule has 17 heavy (non-hydrogen) atoms. The van der Waals surface area contributed by atoms with Crippen molar-refractivity contribution >= 4 is 23.5 Å². The lowest BCUT2D eigenvalue weighted by Crippen LogP contribution is -2.36. The van der Waals surface area contributed by atoms with Crippen LogP contribution in [0.25, 0.3) is 0 Å². The van der Waals surface area contributed by atoms with Crippen molar-refractivity contribution in [2.45, 2.75) is 36.4 Å². The summed E-state index contributed by atoms with van der Waals surface area (Å²) in [5.74, 6) is 2.37. The van der Waals surface area contributed by atoms with Crippen molar-refractivity contribution in [2.75, 3.05) is 11.5 Å². The maximum absolute atomic E-state index is 10.4. The Balaban J connectivity index is 1.86. The molecule has 1 fully saturated rings. The SMILES string of the molecule is CC1(C(O)CCc2ccccc2)SCCCS1. The van der Waals surface area contributed by atoms with Crippen LogP contribution >= 0.6 is 23.5 Å². The van der Waals surface area contributed by atoms with Crippen LogP contribution < -0.4 is 0 Å². The Morgan fingerprint density at radius 3 is 2.53 bits per heavy atom. The Morgan fingerprint density at radius 1 is 1.24 bits per heavy atom. The van der Waals surface area contributed by atoms with E-state index in [0.717, 1.165) is 12.8 Å². The smallest absolute Gasteiger partial charge is 0.0840 e. The zero-order valence-electron chi connectivity index (χ0n) is 10.3. The lowest BCUT2D eigenvalue weighted by Gasteiger charge is -2.36. The molecule has 1 atom stereocenters. The molecule has 1 saturated heterocycles. The van der Waals surface area contributed by atoms with Crippen molar-refractivity contribution in [3.63, 3.8) is 0 Å². The second-order valence-electron chi connectivity index (χ2n) is 4.61. The zero-order valence-corrected chi connectivity index (χ0v) is 11.9. The van der Waals surface area contributed by atoms with Crippen LogP contribution in [-0.4, -0.2) is 26.8 Å². The molecule has 0 aliphatic carbocycles. The van der Waals surface area contributed by atoms with Crippen molar-refractivity contribution in [1.29, 1.82) is 0 Å². The number of aryl methyl sites for hydroxylation is 1. The average molecular weight is 268 g/mol. The number of benzene rings is 1. The van der Waals surface area contributed by atoms with Crippen LogP contribution in [-0.2, 0) is 6.42 Å². The molecule has 0 amide bonds. The van der Waals surface area contributed by atoms with Gasteiger partial charge in [0.15, 0.2) is 0 Å². The van der Waals surface area contributed by atoms with Crippen LogP contribution in [0.5, 0.6) is 0 Å². The number of aliphatic hydroxyl groups is 1. The van der Waals surface area contributed by atoms with Crippen molar-refractivity contribution in [2.24, 2.45) is 0 Å². The Hall–Kier alpha value is -0.120. The topological polar surface area (TPSA) is 20.2 Å². The second-order valence-corrected chi connectivity index (χ2v) is 7.95. The fourth-order valence-electron chi connectivity index (χ4n) is 2.05. The molecule has 94 valence electrons. The molecule has 1 aromatic carbocycles. The van der Waals surface area contributed by atoms with Gasteiger partial charge in [0.2, 0.25) is 0 Å². The molecular weight excluding hydrogens is 248 g/mol. The van der Waals surface area contributed by atoms with Gasteiger partial charge >= 0.3 is 0 Å². The third-order valence-electron chi connectivity index (χ3n) is 3.22. The van der Waals surface area contributed by atoms with Crippen molar-refractivity contribution in [3.8, 4) is 0 Å². The van der Waals surface area contributed by atoms with Gasteiger partial charge in [-0.3, -0.25) is 0 Å². The summed E-state index contributed by atoms with van der Waals surface area (Å²) in [5.41, 5.74) is 1.32. The predicted octanol–water partition coefficient (Wildman–Crippen LogP) is 3.57. The number of aliphatic hydroxyl groups excluding tert-OH is 1. The number of hydrogen-bond acceptors (Lipinski definition) is 3. The fraction of sp³-hybridized carbons (Fsp3) is 0.571. The minimum absolute atomic E-state index is 0.00697. The quantitative estimate of drug-likeness (QED) is 0.901. The van der Waals surface area contributed by atoms with Crippen LogP contribution in [0.3, 0.4) is 0 Å².